The van der Waals surface area contributed by atoms with Gasteiger partial charge >= 0.3 is 6.03 Å². The first-order valence-corrected chi connectivity index (χ1v) is 11.2. The zero-order chi connectivity index (χ0) is 20.7. The predicted molar refractivity (Wildman–Crippen MR) is 109 cm³/mol. The van der Waals surface area contributed by atoms with Crippen LogP contribution in [0.25, 0.3) is 0 Å². The molecule has 0 heterocycles. The molecule has 3 N–H and O–H groups in total. The van der Waals surface area contributed by atoms with Crippen molar-refractivity contribution in [1.82, 2.24) is 14.9 Å². The molecule has 3 amide bonds. The van der Waals surface area contributed by atoms with E-state index in [1.807, 2.05) is 6.92 Å². The van der Waals surface area contributed by atoms with Gasteiger partial charge in [0, 0.05) is 24.8 Å². The summed E-state index contributed by atoms with van der Waals surface area (Å²) in [5.41, 5.74) is 1.35. The number of carbonyl (C=O) groups is 2. The number of nitrogens with one attached hydrogen (secondary N) is 3. The summed E-state index contributed by atoms with van der Waals surface area (Å²) in [4.78, 5) is 24.1. The van der Waals surface area contributed by atoms with Crippen molar-refractivity contribution in [3.05, 3.63) is 23.8 Å². The SMILES string of the molecule is CCN(CC)S(=O)(=O)c1ccc(C)c(NCC(=O)NC(=O)NC2CCCC2)c1. The van der Waals surface area contributed by atoms with Crippen LogP contribution in [-0.4, -0.2) is 50.3 Å². The molecule has 1 aromatic rings. The lowest BCUT2D eigenvalue weighted by Crippen LogP contribution is -2.45. The zero-order valence-electron chi connectivity index (χ0n) is 16.7. The molecule has 9 heteroatoms. The van der Waals surface area contributed by atoms with Crippen molar-refractivity contribution in [2.45, 2.75) is 57.4 Å². The number of amides is 3. The van der Waals surface area contributed by atoms with E-state index < -0.39 is 22.0 Å². The van der Waals surface area contributed by atoms with Crippen LogP contribution in [0, 0.1) is 6.92 Å². The van der Waals surface area contributed by atoms with E-state index in [0.29, 0.717) is 18.8 Å². The Morgan fingerprint density at radius 3 is 2.39 bits per heavy atom. The molecule has 1 aromatic carbocycles. The number of hydrogen-bond acceptors (Lipinski definition) is 5. The summed E-state index contributed by atoms with van der Waals surface area (Å²) in [5, 5.41) is 8.01. The van der Waals surface area contributed by atoms with E-state index in [1.165, 1.54) is 10.4 Å². The van der Waals surface area contributed by atoms with Crippen LogP contribution < -0.4 is 16.0 Å². The molecule has 0 aliphatic heterocycles. The highest BCUT2D eigenvalue weighted by Gasteiger charge is 2.22. The first-order chi connectivity index (χ1) is 13.3. The van der Waals surface area contributed by atoms with Gasteiger partial charge in [-0.3, -0.25) is 10.1 Å². The minimum Gasteiger partial charge on any atom is -0.376 e. The topological polar surface area (TPSA) is 108 Å². The average molecular weight is 411 g/mol. The standard InChI is InChI=1S/C19H30N4O4S/c1-4-23(5-2)28(26,27)16-11-10-14(3)17(12-16)20-13-18(24)22-19(25)21-15-8-6-7-9-15/h10-12,15,20H,4-9,13H2,1-3H3,(H2,21,22,24,25). The fraction of sp³-hybridized carbons (Fsp3) is 0.579. The van der Waals surface area contributed by atoms with Gasteiger partial charge in [0.05, 0.1) is 11.4 Å². The summed E-state index contributed by atoms with van der Waals surface area (Å²) in [5.74, 6) is -0.480. The zero-order valence-corrected chi connectivity index (χ0v) is 17.6. The molecule has 1 fully saturated rings. The van der Waals surface area contributed by atoms with Crippen LogP contribution in [0.15, 0.2) is 23.1 Å². The fourth-order valence-corrected chi connectivity index (χ4v) is 4.79. The highest BCUT2D eigenvalue weighted by atomic mass is 32.2. The van der Waals surface area contributed by atoms with Gasteiger partial charge in [0.2, 0.25) is 15.9 Å². The van der Waals surface area contributed by atoms with Gasteiger partial charge in [-0.05, 0) is 37.5 Å². The van der Waals surface area contributed by atoms with E-state index in [9.17, 15) is 18.0 Å². The van der Waals surface area contributed by atoms with Gasteiger partial charge in [0.15, 0.2) is 0 Å². The predicted octanol–water partition coefficient (Wildman–Crippen LogP) is 2.21. The average Bonchev–Trinajstić information content (AvgIpc) is 3.14. The minimum absolute atomic E-state index is 0.130. The second kappa shape index (κ2) is 9.88. The van der Waals surface area contributed by atoms with E-state index in [0.717, 1.165) is 31.2 Å². The summed E-state index contributed by atoms with van der Waals surface area (Å²) in [6.45, 7) is 6.03. The molecule has 0 radical (unpaired) electrons. The maximum atomic E-state index is 12.7. The summed E-state index contributed by atoms with van der Waals surface area (Å²) in [6, 6.07) is 4.42. The smallest absolute Gasteiger partial charge is 0.321 e. The number of sulfonamides is 1. The number of hydrogen-bond donors (Lipinski definition) is 3. The summed E-state index contributed by atoms with van der Waals surface area (Å²) in [6.07, 6.45) is 4.05. The Labute approximate surface area is 167 Å². The summed E-state index contributed by atoms with van der Waals surface area (Å²) >= 11 is 0. The number of urea groups is 1. The van der Waals surface area contributed by atoms with E-state index in [1.54, 1.807) is 26.0 Å². The van der Waals surface area contributed by atoms with Crippen molar-refractivity contribution in [3.63, 3.8) is 0 Å². The Balaban J connectivity index is 1.98. The Hall–Kier alpha value is -2.13. The lowest BCUT2D eigenvalue weighted by molar-refractivity contribution is -0.118. The third-order valence-electron chi connectivity index (χ3n) is 4.93. The van der Waals surface area contributed by atoms with E-state index in [-0.39, 0.29) is 17.5 Å². The van der Waals surface area contributed by atoms with Gasteiger partial charge in [-0.15, -0.1) is 0 Å². The molecule has 0 saturated heterocycles. The van der Waals surface area contributed by atoms with Crippen LogP contribution in [-0.2, 0) is 14.8 Å². The molecule has 1 aliphatic carbocycles. The molecule has 1 aliphatic rings. The van der Waals surface area contributed by atoms with Gasteiger partial charge in [-0.25, -0.2) is 13.2 Å². The molecular weight excluding hydrogens is 380 g/mol. The van der Waals surface area contributed by atoms with Crippen molar-refractivity contribution in [1.29, 1.82) is 0 Å². The largest absolute Gasteiger partial charge is 0.376 e. The van der Waals surface area contributed by atoms with Gasteiger partial charge in [0.25, 0.3) is 0 Å². The van der Waals surface area contributed by atoms with Crippen LogP contribution in [0.4, 0.5) is 10.5 Å². The lowest BCUT2D eigenvalue weighted by Gasteiger charge is -2.19. The fourth-order valence-electron chi connectivity index (χ4n) is 3.30. The van der Waals surface area contributed by atoms with Crippen LogP contribution >= 0.6 is 0 Å². The normalized spacial score (nSPS) is 14.9. The molecular formula is C19H30N4O4S. The number of benzene rings is 1. The first-order valence-electron chi connectivity index (χ1n) is 9.73. The molecule has 2 rings (SSSR count). The molecule has 0 bridgehead atoms. The number of anilines is 1. The highest BCUT2D eigenvalue weighted by molar-refractivity contribution is 7.89. The van der Waals surface area contributed by atoms with Crippen LogP contribution in [0.2, 0.25) is 0 Å². The van der Waals surface area contributed by atoms with Crippen molar-refractivity contribution < 1.29 is 18.0 Å². The molecule has 0 atom stereocenters. The summed E-state index contributed by atoms with van der Waals surface area (Å²) < 4.78 is 26.7. The molecule has 0 aromatic heterocycles. The number of nitrogens with zero attached hydrogens (tertiary/aromatic N) is 1. The van der Waals surface area contributed by atoms with Crippen molar-refractivity contribution >= 4 is 27.6 Å². The third-order valence-corrected chi connectivity index (χ3v) is 6.98. The van der Waals surface area contributed by atoms with E-state index in [2.05, 4.69) is 16.0 Å². The van der Waals surface area contributed by atoms with Gasteiger partial charge in [0.1, 0.15) is 0 Å². The quantitative estimate of drug-likeness (QED) is 0.609. The Bertz CT molecular complexity index is 800. The van der Waals surface area contributed by atoms with Crippen LogP contribution in [0.5, 0.6) is 0 Å². The van der Waals surface area contributed by atoms with Gasteiger partial charge in [-0.1, -0.05) is 32.8 Å². The Kier molecular flexibility index (Phi) is 7.82. The second-order valence-electron chi connectivity index (χ2n) is 6.92. The Morgan fingerprint density at radius 1 is 1.14 bits per heavy atom. The maximum Gasteiger partial charge on any atom is 0.321 e. The molecule has 1 saturated carbocycles. The Morgan fingerprint density at radius 2 is 1.79 bits per heavy atom. The van der Waals surface area contributed by atoms with Crippen molar-refractivity contribution in [2.75, 3.05) is 25.0 Å². The minimum atomic E-state index is -3.58. The molecule has 0 spiro atoms. The monoisotopic (exact) mass is 410 g/mol. The van der Waals surface area contributed by atoms with Gasteiger partial charge < -0.3 is 10.6 Å². The molecule has 28 heavy (non-hydrogen) atoms. The van der Waals surface area contributed by atoms with Crippen molar-refractivity contribution in [2.24, 2.45) is 0 Å². The van der Waals surface area contributed by atoms with Crippen LogP contribution in [0.3, 0.4) is 0 Å². The molecule has 8 nitrogen and oxygen atoms in total. The van der Waals surface area contributed by atoms with Crippen molar-refractivity contribution in [3.8, 4) is 0 Å². The van der Waals surface area contributed by atoms with Crippen LogP contribution in [0.1, 0.15) is 45.1 Å². The number of imide groups is 1. The van der Waals surface area contributed by atoms with E-state index >= 15 is 0 Å². The number of rotatable bonds is 8. The van der Waals surface area contributed by atoms with Gasteiger partial charge in [-0.2, -0.15) is 4.31 Å². The molecule has 156 valence electrons. The lowest BCUT2D eigenvalue weighted by atomic mass is 10.2. The third kappa shape index (κ3) is 5.68. The van der Waals surface area contributed by atoms with E-state index in [4.69, 9.17) is 0 Å². The maximum absolute atomic E-state index is 12.7. The second-order valence-corrected chi connectivity index (χ2v) is 8.86. The molecule has 0 unspecified atom stereocenters. The first kappa shape index (κ1) is 22.2. The number of aryl methyl sites for hydroxylation is 1. The number of carbonyl (C=O) groups excluding carboxylic acids is 2. The summed E-state index contributed by atoms with van der Waals surface area (Å²) in [7, 11) is -3.58. The highest BCUT2D eigenvalue weighted by Crippen LogP contribution is 2.23.